The molecule has 13 rings (SSSR count). The maximum absolute atomic E-state index is 6.08. The van der Waals surface area contributed by atoms with Crippen molar-refractivity contribution in [2.45, 2.75) is 59.7 Å². The normalized spacial score (nSPS) is 13.1. The van der Waals surface area contributed by atoms with Gasteiger partial charge in [0.25, 0.3) is 0 Å². The summed E-state index contributed by atoms with van der Waals surface area (Å²) in [6.45, 7) is 14.1. The summed E-state index contributed by atoms with van der Waals surface area (Å²) >= 11 is 21.0. The van der Waals surface area contributed by atoms with Gasteiger partial charge in [0.2, 0.25) is 17.8 Å². The Morgan fingerprint density at radius 3 is 1.12 bits per heavy atom. The lowest BCUT2D eigenvalue weighted by molar-refractivity contribution is 0.00578. The fraction of sp³-hybridized carbons (Fsp3) is 0.150. The molecule has 85 heavy (non-hydrogen) atoms. The van der Waals surface area contributed by atoms with E-state index < -0.39 is 0 Å². The van der Waals surface area contributed by atoms with Gasteiger partial charge >= 0.3 is 7.12 Å². The number of aromatic nitrogens is 15. The molecule has 424 valence electrons. The molecule has 1 fully saturated rings. The summed E-state index contributed by atoms with van der Waals surface area (Å²) in [5.74, 6) is 0.381. The number of nitrogens with zero attached hydrogens (tertiary/aromatic N) is 15. The van der Waals surface area contributed by atoms with Gasteiger partial charge < -0.3 is 26.5 Å². The SMILES string of the molecule is Cc1ncnc2ccc(-c3nnc(N)nc3-c3ccc(Cl)cc3)cc12.Cc1ncnc2ccc(-c3nnc(N)nc3-c3ccc(Cl)cc3)cc12.Cc1ncnc2ccc(B3OC(C)(C)C(C)(C)O3)cc12.Nc1nnc(Br)c(-c2ccc(Cl)cc2)n1. The summed E-state index contributed by atoms with van der Waals surface area (Å²) in [6.07, 6.45) is 4.70. The molecule has 20 nitrogen and oxygen atoms in total. The molecule has 1 saturated heterocycles. The van der Waals surface area contributed by atoms with Gasteiger partial charge in [-0.1, -0.05) is 95.5 Å². The predicted octanol–water partition coefficient (Wildman–Crippen LogP) is 12.2. The number of fused-ring (bicyclic) bond motifs is 3. The highest BCUT2D eigenvalue weighted by Crippen LogP contribution is 2.38. The lowest BCUT2D eigenvalue weighted by Crippen LogP contribution is -2.41. The number of halogens is 4. The molecule has 0 radical (unpaired) electrons. The van der Waals surface area contributed by atoms with Crippen LogP contribution in [0.1, 0.15) is 44.8 Å². The molecule has 0 aliphatic carbocycles. The molecule has 6 aromatic heterocycles. The zero-order chi connectivity index (χ0) is 60.2. The summed E-state index contributed by atoms with van der Waals surface area (Å²) in [5.41, 5.74) is 30.4. The van der Waals surface area contributed by atoms with Crippen molar-refractivity contribution in [2.75, 3.05) is 17.2 Å². The predicted molar refractivity (Wildman–Crippen MR) is 338 cm³/mol. The van der Waals surface area contributed by atoms with Crippen LogP contribution in [0.4, 0.5) is 17.8 Å². The Morgan fingerprint density at radius 2 is 0.718 bits per heavy atom. The van der Waals surface area contributed by atoms with E-state index in [9.17, 15) is 0 Å². The second-order valence-corrected chi connectivity index (χ2v) is 22.3. The third kappa shape index (κ3) is 13.6. The number of nitrogens with two attached hydrogens (primary N) is 3. The van der Waals surface area contributed by atoms with E-state index in [4.69, 9.17) is 61.3 Å². The van der Waals surface area contributed by atoms with E-state index in [1.807, 2.05) is 106 Å². The number of nitrogen functional groups attached to an aromatic ring is 3. The highest BCUT2D eigenvalue weighted by atomic mass is 79.9. The van der Waals surface area contributed by atoms with Crippen LogP contribution < -0.4 is 22.7 Å². The van der Waals surface area contributed by atoms with Gasteiger partial charge in [-0.05, 0) is 137 Å². The topological polar surface area (TPSA) is 290 Å². The number of aryl methyl sites for hydroxylation is 3. The van der Waals surface area contributed by atoms with E-state index in [2.05, 4.69) is 125 Å². The lowest BCUT2D eigenvalue weighted by Gasteiger charge is -2.32. The summed E-state index contributed by atoms with van der Waals surface area (Å²) in [5, 5.41) is 28.8. The van der Waals surface area contributed by atoms with Crippen molar-refractivity contribution < 1.29 is 9.31 Å². The van der Waals surface area contributed by atoms with Gasteiger partial charge in [0.05, 0.1) is 27.8 Å². The fourth-order valence-electron chi connectivity index (χ4n) is 8.80. The summed E-state index contributed by atoms with van der Waals surface area (Å²) in [7, 11) is -0.344. The van der Waals surface area contributed by atoms with Crippen LogP contribution in [0, 0.1) is 20.8 Å². The third-order valence-electron chi connectivity index (χ3n) is 14.0. The molecule has 7 heterocycles. The minimum absolute atomic E-state index is 0.119. The number of hydrogen-bond acceptors (Lipinski definition) is 20. The van der Waals surface area contributed by atoms with Gasteiger partial charge in [-0.3, -0.25) is 0 Å². The van der Waals surface area contributed by atoms with Crippen LogP contribution >= 0.6 is 50.7 Å². The van der Waals surface area contributed by atoms with E-state index in [1.54, 1.807) is 55.4 Å². The molecule has 0 unspecified atom stereocenters. The highest BCUT2D eigenvalue weighted by Gasteiger charge is 2.51. The van der Waals surface area contributed by atoms with Crippen molar-refractivity contribution in [1.82, 2.24) is 75.4 Å². The van der Waals surface area contributed by atoms with Crippen molar-refractivity contribution in [3.63, 3.8) is 0 Å². The lowest BCUT2D eigenvalue weighted by atomic mass is 9.78. The second-order valence-electron chi connectivity index (χ2n) is 20.3. The van der Waals surface area contributed by atoms with E-state index in [0.717, 1.165) is 83.1 Å². The zero-order valence-electron chi connectivity index (χ0n) is 46.7. The Morgan fingerprint density at radius 1 is 0.388 bits per heavy atom. The van der Waals surface area contributed by atoms with E-state index in [1.165, 1.54) is 0 Å². The molecule has 6 aromatic carbocycles. The van der Waals surface area contributed by atoms with Gasteiger partial charge in [-0.15, -0.1) is 30.6 Å². The van der Waals surface area contributed by atoms with Gasteiger partial charge in [0.15, 0.2) is 4.60 Å². The summed E-state index contributed by atoms with van der Waals surface area (Å²) in [4.78, 5) is 38.4. The van der Waals surface area contributed by atoms with Crippen LogP contribution in [-0.2, 0) is 9.31 Å². The largest absolute Gasteiger partial charge is 0.494 e. The van der Waals surface area contributed by atoms with Crippen molar-refractivity contribution in [1.29, 1.82) is 0 Å². The van der Waals surface area contributed by atoms with Crippen LogP contribution in [0.2, 0.25) is 15.1 Å². The molecule has 0 atom stereocenters. The van der Waals surface area contributed by atoms with Crippen LogP contribution in [0.15, 0.2) is 151 Å². The average Bonchev–Trinajstić information content (AvgIpc) is 3.47. The van der Waals surface area contributed by atoms with E-state index in [-0.39, 0.29) is 36.2 Å². The second kappa shape index (κ2) is 25.1. The van der Waals surface area contributed by atoms with Crippen LogP contribution in [0.3, 0.4) is 0 Å². The Kier molecular flexibility index (Phi) is 17.5. The summed E-state index contributed by atoms with van der Waals surface area (Å²) < 4.78 is 12.7. The highest BCUT2D eigenvalue weighted by molar-refractivity contribution is 9.10. The van der Waals surface area contributed by atoms with Gasteiger partial charge in [0, 0.05) is 76.1 Å². The first-order valence-corrected chi connectivity index (χ1v) is 28.1. The molecule has 0 spiro atoms. The maximum atomic E-state index is 6.08. The van der Waals surface area contributed by atoms with Crippen LogP contribution in [0.5, 0.6) is 0 Å². The monoisotopic (exact) mass is 1250 g/mol. The van der Waals surface area contributed by atoms with Crippen LogP contribution in [-0.4, -0.2) is 93.8 Å². The maximum Gasteiger partial charge on any atom is 0.494 e. The number of rotatable bonds is 6. The molecule has 1 aliphatic rings. The van der Waals surface area contributed by atoms with Gasteiger partial charge in [-0.25, -0.2) is 44.9 Å². The molecule has 25 heteroatoms. The molecule has 12 aromatic rings. The van der Waals surface area contributed by atoms with E-state index >= 15 is 0 Å². The van der Waals surface area contributed by atoms with Gasteiger partial charge in [0.1, 0.15) is 47.5 Å². The van der Waals surface area contributed by atoms with Crippen molar-refractivity contribution in [3.05, 3.63) is 183 Å². The minimum Gasteiger partial charge on any atom is -0.399 e. The standard InChI is InChI=1S/2C18H13ClN6.C15H19BN2O2.C9H6BrClN4/c2*1-10-14-8-12(4-7-15(14)22-9-21-10)17-16(23-18(20)25-24-17)11-2-5-13(19)6-3-11;1-10-12-8-11(6-7-13(12)18-9-17-10)16-19-14(2,3)15(4,5)20-16;10-8-7(13-9(12)15-14-8)5-1-3-6(11)4-2-5/h2*2-9H,1H3,(H2,20,23,25);6-9H,1-5H3;1-4H,(H2,12,13,15). The van der Waals surface area contributed by atoms with Crippen molar-refractivity contribution in [2.24, 2.45) is 0 Å². The molecule has 6 N–H and O–H groups in total. The molecular formula is C60H51BBrCl3N18O2. The number of anilines is 3. The molecule has 0 bridgehead atoms. The Labute approximate surface area is 511 Å². The zero-order valence-corrected chi connectivity index (χ0v) is 50.6. The first kappa shape index (κ1) is 59.3. The first-order chi connectivity index (χ1) is 40.7. The quantitative estimate of drug-likeness (QED) is 0.130. The first-order valence-electron chi connectivity index (χ1n) is 26.1. The third-order valence-corrected chi connectivity index (χ3v) is 15.3. The molecule has 1 aliphatic heterocycles. The van der Waals surface area contributed by atoms with Crippen molar-refractivity contribution >= 4 is 114 Å². The Bertz CT molecular complexity index is 4230. The van der Waals surface area contributed by atoms with Gasteiger partial charge in [-0.2, -0.15) is 0 Å². The summed E-state index contributed by atoms with van der Waals surface area (Å²) in [6, 6.07) is 39.8. The average molecular weight is 1250 g/mol. The van der Waals surface area contributed by atoms with Crippen molar-refractivity contribution in [3.8, 4) is 56.3 Å². The number of hydrogen-bond donors (Lipinski definition) is 3. The molecule has 0 saturated carbocycles. The minimum atomic E-state index is -0.344. The molecule has 0 amide bonds. The smallest absolute Gasteiger partial charge is 0.399 e. The fourth-order valence-corrected chi connectivity index (χ4v) is 9.57. The number of benzene rings is 6. The Balaban J connectivity index is 0.000000128. The Hall–Kier alpha value is -8.90. The molecular weight excluding hydrogens is 1200 g/mol. The van der Waals surface area contributed by atoms with Crippen LogP contribution in [0.25, 0.3) is 89.0 Å². The van der Waals surface area contributed by atoms with E-state index in [0.29, 0.717) is 48.1 Å².